The Kier molecular flexibility index (Phi) is 5.68. The van der Waals surface area contributed by atoms with Crippen LogP contribution in [0.1, 0.15) is 13.8 Å². The Hall–Kier alpha value is -2.37. The summed E-state index contributed by atoms with van der Waals surface area (Å²) in [5, 5.41) is 3.84. The van der Waals surface area contributed by atoms with Gasteiger partial charge < -0.3 is 0 Å². The van der Waals surface area contributed by atoms with Crippen LogP contribution in [0.2, 0.25) is 0 Å². The first kappa shape index (κ1) is 17.5. The lowest BCUT2D eigenvalue weighted by atomic mass is 10.2. The van der Waals surface area contributed by atoms with Gasteiger partial charge in [0.1, 0.15) is 0 Å². The minimum atomic E-state index is -2.07. The molecular formula is C23H24NP. The second-order valence-corrected chi connectivity index (χ2v) is 9.39. The summed E-state index contributed by atoms with van der Waals surface area (Å²) in [6.07, 6.45) is 4.19. The van der Waals surface area contributed by atoms with Crippen molar-refractivity contribution in [3.63, 3.8) is 0 Å². The van der Waals surface area contributed by atoms with Crippen molar-refractivity contribution in [2.75, 3.05) is 0 Å². The van der Waals surface area contributed by atoms with E-state index in [0.29, 0.717) is 5.92 Å². The van der Waals surface area contributed by atoms with Crippen LogP contribution in [-0.4, -0.2) is 0 Å². The maximum Gasteiger partial charge on any atom is 0.0604 e. The Bertz CT molecular complexity index is 762. The summed E-state index contributed by atoms with van der Waals surface area (Å²) in [4.78, 5) is 0. The molecule has 0 saturated heterocycles. The van der Waals surface area contributed by atoms with Crippen LogP contribution >= 0.6 is 7.05 Å². The molecule has 0 atom stereocenters. The summed E-state index contributed by atoms with van der Waals surface area (Å²) in [5.74, 6) is 0.480. The standard InChI is InChI=1S/C23H24NP/c1-20(2)18-19-24-25(21-12-6-3-7-13-21,22-14-8-4-9-15-22)23-16-10-5-11-17-23/h3-20H,1-2H3/b19-18+. The molecule has 0 spiro atoms. The van der Waals surface area contributed by atoms with E-state index >= 15 is 0 Å². The summed E-state index contributed by atoms with van der Waals surface area (Å²) in [6.45, 7) is 4.36. The van der Waals surface area contributed by atoms with Gasteiger partial charge in [-0.25, -0.2) is 0 Å². The molecule has 0 aromatic heterocycles. The fourth-order valence-electron chi connectivity index (χ4n) is 2.89. The number of nitrogens with zero attached hydrogens (tertiary/aromatic N) is 1. The van der Waals surface area contributed by atoms with Gasteiger partial charge in [-0.2, -0.15) is 0 Å². The second-order valence-electron chi connectivity index (χ2n) is 6.34. The average Bonchev–Trinajstić information content (AvgIpc) is 2.67. The lowest BCUT2D eigenvalue weighted by molar-refractivity contribution is 0.829. The maximum atomic E-state index is 5.24. The van der Waals surface area contributed by atoms with Crippen LogP contribution in [0.15, 0.2) is 108 Å². The van der Waals surface area contributed by atoms with Crippen LogP contribution in [0.4, 0.5) is 0 Å². The largest absolute Gasteiger partial charge is 0.262 e. The fraction of sp³-hybridized carbons (Fsp3) is 0.130. The highest BCUT2D eigenvalue weighted by Crippen LogP contribution is 2.46. The van der Waals surface area contributed by atoms with Gasteiger partial charge in [0, 0.05) is 22.1 Å². The summed E-state index contributed by atoms with van der Waals surface area (Å²) in [7, 11) is -2.07. The number of benzene rings is 3. The Morgan fingerprint density at radius 2 is 1.00 bits per heavy atom. The molecule has 0 N–H and O–H groups in total. The highest BCUT2D eigenvalue weighted by atomic mass is 31.2. The first-order valence-electron chi connectivity index (χ1n) is 8.68. The first-order valence-corrected chi connectivity index (χ1v) is 10.4. The van der Waals surface area contributed by atoms with Gasteiger partial charge >= 0.3 is 0 Å². The predicted molar refractivity (Wildman–Crippen MR) is 112 cm³/mol. The summed E-state index contributed by atoms with van der Waals surface area (Å²) in [6, 6.07) is 32.1. The first-order chi connectivity index (χ1) is 12.2. The molecule has 0 heterocycles. The smallest absolute Gasteiger partial charge is 0.0604 e. The molecule has 3 aromatic rings. The van der Waals surface area contributed by atoms with Gasteiger partial charge in [-0.1, -0.05) is 111 Å². The molecule has 126 valence electrons. The van der Waals surface area contributed by atoms with Gasteiger partial charge in [0.15, 0.2) is 0 Å². The summed E-state index contributed by atoms with van der Waals surface area (Å²) < 4.78 is 5.24. The van der Waals surface area contributed by atoms with E-state index in [-0.39, 0.29) is 0 Å². The quantitative estimate of drug-likeness (QED) is 0.554. The molecule has 2 heteroatoms. The lowest BCUT2D eigenvalue weighted by Gasteiger charge is -2.26. The van der Waals surface area contributed by atoms with Crippen molar-refractivity contribution in [1.82, 2.24) is 0 Å². The lowest BCUT2D eigenvalue weighted by Crippen LogP contribution is -2.25. The molecule has 1 nitrogen and oxygen atoms in total. The van der Waals surface area contributed by atoms with Gasteiger partial charge in [0.2, 0.25) is 0 Å². The van der Waals surface area contributed by atoms with Crippen molar-refractivity contribution in [2.45, 2.75) is 13.8 Å². The van der Waals surface area contributed by atoms with E-state index < -0.39 is 7.05 Å². The maximum absolute atomic E-state index is 5.24. The monoisotopic (exact) mass is 345 g/mol. The van der Waals surface area contributed by atoms with Gasteiger partial charge in [-0.05, 0) is 5.92 Å². The average molecular weight is 345 g/mol. The number of hydrogen-bond donors (Lipinski definition) is 0. The molecule has 0 unspecified atom stereocenters. The van der Waals surface area contributed by atoms with E-state index in [1.54, 1.807) is 0 Å². The van der Waals surface area contributed by atoms with Crippen LogP contribution in [0, 0.1) is 5.92 Å². The minimum Gasteiger partial charge on any atom is -0.262 e. The van der Waals surface area contributed by atoms with Crippen LogP contribution < -0.4 is 15.9 Å². The normalized spacial score (nSPS) is 11.8. The van der Waals surface area contributed by atoms with Gasteiger partial charge in [0.25, 0.3) is 0 Å². The molecule has 0 radical (unpaired) electrons. The van der Waals surface area contributed by atoms with Crippen molar-refractivity contribution in [1.29, 1.82) is 0 Å². The zero-order valence-electron chi connectivity index (χ0n) is 14.8. The van der Waals surface area contributed by atoms with Crippen molar-refractivity contribution >= 4 is 23.0 Å². The topological polar surface area (TPSA) is 12.4 Å². The van der Waals surface area contributed by atoms with Crippen molar-refractivity contribution in [2.24, 2.45) is 10.7 Å². The minimum absolute atomic E-state index is 0.480. The van der Waals surface area contributed by atoms with Crippen molar-refractivity contribution in [3.05, 3.63) is 103 Å². The number of hydrogen-bond acceptors (Lipinski definition) is 1. The molecule has 25 heavy (non-hydrogen) atoms. The van der Waals surface area contributed by atoms with Gasteiger partial charge in [0.05, 0.1) is 7.05 Å². The predicted octanol–water partition coefficient (Wildman–Crippen LogP) is 5.33. The van der Waals surface area contributed by atoms with E-state index in [9.17, 15) is 0 Å². The van der Waals surface area contributed by atoms with Crippen molar-refractivity contribution < 1.29 is 0 Å². The van der Waals surface area contributed by atoms with E-state index in [2.05, 4.69) is 111 Å². The third kappa shape index (κ3) is 3.83. The molecular weight excluding hydrogens is 321 g/mol. The molecule has 0 amide bonds. The zero-order chi connectivity index (χ0) is 17.5. The van der Waals surface area contributed by atoms with Gasteiger partial charge in [-0.3, -0.25) is 4.74 Å². The molecule has 0 aliphatic carbocycles. The Morgan fingerprint density at radius 1 is 0.640 bits per heavy atom. The Labute approximate surface area is 151 Å². The molecule has 0 aliphatic heterocycles. The van der Waals surface area contributed by atoms with Crippen LogP contribution in [-0.2, 0) is 0 Å². The third-order valence-electron chi connectivity index (χ3n) is 4.10. The SMILES string of the molecule is CC(C)/C=C/N=P(c1ccccc1)(c1ccccc1)c1ccccc1. The van der Waals surface area contributed by atoms with Gasteiger partial charge in [-0.15, -0.1) is 0 Å². The molecule has 0 aliphatic rings. The van der Waals surface area contributed by atoms with Crippen LogP contribution in [0.5, 0.6) is 0 Å². The van der Waals surface area contributed by atoms with Crippen LogP contribution in [0.25, 0.3) is 0 Å². The third-order valence-corrected chi connectivity index (χ3v) is 7.72. The molecule has 0 saturated carbocycles. The van der Waals surface area contributed by atoms with Crippen LogP contribution in [0.3, 0.4) is 0 Å². The number of rotatable bonds is 5. The Morgan fingerprint density at radius 3 is 1.32 bits per heavy atom. The summed E-state index contributed by atoms with van der Waals surface area (Å²) in [5.41, 5.74) is 0. The van der Waals surface area contributed by atoms with Crippen molar-refractivity contribution in [3.8, 4) is 0 Å². The number of allylic oxidation sites excluding steroid dienone is 1. The summed E-state index contributed by atoms with van der Waals surface area (Å²) >= 11 is 0. The highest BCUT2D eigenvalue weighted by Gasteiger charge is 2.26. The molecule has 3 rings (SSSR count). The van der Waals surface area contributed by atoms with E-state index in [1.165, 1.54) is 15.9 Å². The van der Waals surface area contributed by atoms with E-state index in [0.717, 1.165) is 0 Å². The highest BCUT2D eigenvalue weighted by molar-refractivity contribution is 7.87. The van der Waals surface area contributed by atoms with E-state index in [4.69, 9.17) is 4.74 Å². The zero-order valence-corrected chi connectivity index (χ0v) is 15.7. The molecule has 3 aromatic carbocycles. The molecule has 0 bridgehead atoms. The molecule has 0 fully saturated rings. The fourth-order valence-corrected chi connectivity index (χ4v) is 6.27. The second kappa shape index (κ2) is 8.14. The Balaban J connectivity index is 2.36. The van der Waals surface area contributed by atoms with E-state index in [1.807, 2.05) is 6.20 Å².